The second-order valence-electron chi connectivity index (χ2n) is 5.28. The number of unbranched alkanes of at least 4 members (excludes halogenated alkanes) is 1. The van der Waals surface area contributed by atoms with E-state index < -0.39 is 0 Å². The monoisotopic (exact) mass is 318 g/mol. The second-order valence-corrected chi connectivity index (χ2v) is 5.28. The van der Waals surface area contributed by atoms with Gasteiger partial charge in [-0.05, 0) is 37.1 Å². The van der Waals surface area contributed by atoms with Gasteiger partial charge in [0.25, 0.3) is 5.56 Å². The minimum absolute atomic E-state index is 0. The number of hydrogen-bond donors (Lipinski definition) is 1. The molecule has 0 aliphatic rings. The molecule has 0 amide bonds. The summed E-state index contributed by atoms with van der Waals surface area (Å²) in [6.45, 7) is 2.06. The first-order chi connectivity index (χ1) is 10.7. The summed E-state index contributed by atoms with van der Waals surface area (Å²) in [4.78, 5) is 17.2. The summed E-state index contributed by atoms with van der Waals surface area (Å²) in [5.74, 6) is 0.0636. The fraction of sp³-hybridized carbons (Fsp3) is 0.222. The molecule has 3 rings (SSSR count). The summed E-state index contributed by atoms with van der Waals surface area (Å²) in [6.07, 6.45) is 4.03. The molecule has 114 valence electrons. The third-order valence-corrected chi connectivity index (χ3v) is 3.80. The molecule has 5 heteroatoms. The quantitative estimate of drug-likeness (QED) is 0.753. The van der Waals surface area contributed by atoms with Crippen molar-refractivity contribution in [1.82, 2.24) is 9.55 Å². The van der Waals surface area contributed by atoms with Gasteiger partial charge in [0.1, 0.15) is 5.75 Å². The summed E-state index contributed by atoms with van der Waals surface area (Å²) >= 11 is 0. The van der Waals surface area contributed by atoms with Gasteiger partial charge in [0.05, 0.1) is 16.6 Å². The van der Waals surface area contributed by atoms with E-state index in [1.165, 1.54) is 0 Å². The molecule has 0 fully saturated rings. The Labute approximate surface area is 157 Å². The van der Waals surface area contributed by atoms with Gasteiger partial charge in [0.2, 0.25) is 0 Å². The van der Waals surface area contributed by atoms with Gasteiger partial charge in [-0.3, -0.25) is 9.36 Å². The first-order valence-electron chi connectivity index (χ1n) is 7.51. The van der Waals surface area contributed by atoms with Crippen molar-refractivity contribution in [3.8, 4) is 11.4 Å². The van der Waals surface area contributed by atoms with E-state index in [2.05, 4.69) is 11.9 Å². The van der Waals surface area contributed by atoms with Crippen LogP contribution in [-0.4, -0.2) is 44.2 Å². The topological polar surface area (TPSA) is 55.1 Å². The Morgan fingerprint density at radius 1 is 1.13 bits per heavy atom. The van der Waals surface area contributed by atoms with Gasteiger partial charge >= 0.3 is 29.6 Å². The van der Waals surface area contributed by atoms with Crippen LogP contribution in [-0.2, 0) is 6.42 Å². The van der Waals surface area contributed by atoms with E-state index in [1.54, 1.807) is 22.9 Å². The molecule has 0 saturated heterocycles. The summed E-state index contributed by atoms with van der Waals surface area (Å²) in [6, 6.07) is 13.0. The maximum absolute atomic E-state index is 12.9. The molecule has 0 atom stereocenters. The average Bonchev–Trinajstić information content (AvgIpc) is 2.56. The zero-order valence-corrected chi connectivity index (χ0v) is 12.5. The summed E-state index contributed by atoms with van der Waals surface area (Å²) in [5, 5.41) is 11.1. The van der Waals surface area contributed by atoms with Crippen LogP contribution < -0.4 is 5.56 Å². The molecule has 3 aromatic rings. The van der Waals surface area contributed by atoms with E-state index in [0.717, 1.165) is 18.5 Å². The third kappa shape index (κ3) is 3.34. The van der Waals surface area contributed by atoms with Crippen molar-refractivity contribution in [2.75, 3.05) is 0 Å². The Morgan fingerprint density at radius 2 is 1.87 bits per heavy atom. The molecule has 1 aromatic carbocycles. The van der Waals surface area contributed by atoms with Crippen molar-refractivity contribution in [1.29, 1.82) is 0 Å². The van der Waals surface area contributed by atoms with E-state index in [1.807, 2.05) is 30.3 Å². The van der Waals surface area contributed by atoms with Crippen LogP contribution in [0.3, 0.4) is 0 Å². The zero-order valence-electron chi connectivity index (χ0n) is 12.5. The Balaban J connectivity index is 0.00000192. The molecule has 23 heavy (non-hydrogen) atoms. The molecule has 0 unspecified atom stereocenters. The first kappa shape index (κ1) is 17.7. The van der Waals surface area contributed by atoms with Crippen LogP contribution in [0.25, 0.3) is 16.7 Å². The van der Waals surface area contributed by atoms with Crippen LogP contribution in [0.15, 0.2) is 53.5 Å². The Kier molecular flexibility index (Phi) is 5.99. The predicted molar refractivity (Wildman–Crippen MR) is 94.8 cm³/mol. The van der Waals surface area contributed by atoms with Crippen molar-refractivity contribution in [2.24, 2.45) is 0 Å². The van der Waals surface area contributed by atoms with Gasteiger partial charge in [-0.15, -0.1) is 0 Å². The molecule has 2 aromatic heterocycles. The van der Waals surface area contributed by atoms with E-state index in [0.29, 0.717) is 23.0 Å². The van der Waals surface area contributed by atoms with Crippen molar-refractivity contribution >= 4 is 40.6 Å². The van der Waals surface area contributed by atoms with E-state index in [9.17, 15) is 9.90 Å². The van der Waals surface area contributed by atoms with Gasteiger partial charge in [0.15, 0.2) is 5.65 Å². The fourth-order valence-electron chi connectivity index (χ4n) is 2.65. The molecule has 0 aliphatic carbocycles. The molecule has 0 bridgehead atoms. The SMILES string of the molecule is CCCCc1c(O)c2cccnc2n(-c2ccccc2)c1=O.[NaH]. The second kappa shape index (κ2) is 7.77. The molecule has 0 spiro atoms. The van der Waals surface area contributed by atoms with Crippen LogP contribution in [0.4, 0.5) is 0 Å². The average molecular weight is 318 g/mol. The predicted octanol–water partition coefficient (Wildman–Crippen LogP) is 2.79. The minimum atomic E-state index is -0.191. The van der Waals surface area contributed by atoms with Gasteiger partial charge in [-0.25, -0.2) is 4.98 Å². The van der Waals surface area contributed by atoms with Crippen LogP contribution >= 0.6 is 0 Å². The molecular weight excluding hydrogens is 299 g/mol. The number of fused-ring (bicyclic) bond motifs is 1. The number of hydrogen-bond acceptors (Lipinski definition) is 3. The Hall–Kier alpha value is -1.62. The van der Waals surface area contributed by atoms with Crippen LogP contribution in [0.1, 0.15) is 25.3 Å². The molecular formula is C18H19N2NaO2. The normalized spacial score (nSPS) is 10.5. The van der Waals surface area contributed by atoms with Crippen LogP contribution in [0, 0.1) is 0 Å². The van der Waals surface area contributed by atoms with E-state index in [4.69, 9.17) is 0 Å². The number of pyridine rings is 2. The third-order valence-electron chi connectivity index (χ3n) is 3.80. The first-order valence-corrected chi connectivity index (χ1v) is 7.51. The Bertz CT molecular complexity index is 860. The maximum atomic E-state index is 12.9. The van der Waals surface area contributed by atoms with Crippen molar-refractivity contribution in [2.45, 2.75) is 26.2 Å². The Morgan fingerprint density at radius 3 is 2.57 bits per heavy atom. The van der Waals surface area contributed by atoms with Crippen molar-refractivity contribution < 1.29 is 5.11 Å². The number of nitrogens with zero attached hydrogens (tertiary/aromatic N) is 2. The van der Waals surface area contributed by atoms with Gasteiger partial charge in [0, 0.05) is 6.20 Å². The zero-order chi connectivity index (χ0) is 15.5. The van der Waals surface area contributed by atoms with Crippen LogP contribution in [0.2, 0.25) is 0 Å². The molecule has 0 radical (unpaired) electrons. The number of aromatic hydroxyl groups is 1. The van der Waals surface area contributed by atoms with Gasteiger partial charge in [-0.1, -0.05) is 31.5 Å². The molecule has 4 nitrogen and oxygen atoms in total. The van der Waals surface area contributed by atoms with Crippen molar-refractivity contribution in [3.63, 3.8) is 0 Å². The fourth-order valence-corrected chi connectivity index (χ4v) is 2.65. The summed E-state index contributed by atoms with van der Waals surface area (Å²) < 4.78 is 1.58. The molecule has 0 saturated carbocycles. The number of rotatable bonds is 4. The standard InChI is InChI=1S/C18H18N2O2.Na.H/c1-2-3-10-15-16(21)14-11-7-12-19-17(14)20(18(15)22)13-8-5-4-6-9-13;;/h4-9,11-12,21H,2-3,10H2,1H3;;. The van der Waals surface area contributed by atoms with E-state index >= 15 is 0 Å². The summed E-state index contributed by atoms with van der Waals surface area (Å²) in [7, 11) is 0. The number of benzene rings is 1. The molecule has 2 heterocycles. The molecule has 1 N–H and O–H groups in total. The van der Waals surface area contributed by atoms with Crippen LogP contribution in [0.5, 0.6) is 5.75 Å². The van der Waals surface area contributed by atoms with Crippen molar-refractivity contribution in [3.05, 3.63) is 64.6 Å². The summed E-state index contributed by atoms with van der Waals surface area (Å²) in [5.41, 5.74) is 1.51. The number of para-hydroxylation sites is 1. The van der Waals surface area contributed by atoms with Gasteiger partial charge in [-0.2, -0.15) is 0 Å². The van der Waals surface area contributed by atoms with E-state index in [-0.39, 0.29) is 40.9 Å². The molecule has 0 aliphatic heterocycles. The number of aromatic nitrogens is 2. The van der Waals surface area contributed by atoms with Gasteiger partial charge < -0.3 is 5.11 Å².